The maximum Gasteiger partial charge on any atom is 0.490 e. The Morgan fingerprint density at radius 1 is 0.897 bits per heavy atom. The average molecular weight is 580 g/mol. The van der Waals surface area contributed by atoms with E-state index in [1.165, 1.54) is 16.8 Å². The number of halogens is 6. The van der Waals surface area contributed by atoms with Crippen LogP contribution in [0.4, 0.5) is 26.3 Å². The van der Waals surface area contributed by atoms with Gasteiger partial charge >= 0.3 is 24.3 Å². The molecule has 0 aliphatic carbocycles. The largest absolute Gasteiger partial charge is 0.490 e. The molecule has 212 valence electrons. The number of thiophene rings is 1. The third kappa shape index (κ3) is 10.5. The van der Waals surface area contributed by atoms with Crippen LogP contribution in [0.3, 0.4) is 0 Å². The van der Waals surface area contributed by atoms with Gasteiger partial charge in [-0.3, -0.25) is 14.7 Å². The van der Waals surface area contributed by atoms with Crippen LogP contribution in [0.2, 0.25) is 0 Å². The Balaban J connectivity index is 0.000000317. The van der Waals surface area contributed by atoms with Gasteiger partial charge in [-0.05, 0) is 46.0 Å². The van der Waals surface area contributed by atoms with Crippen LogP contribution in [-0.4, -0.2) is 62.0 Å². The number of pyridine rings is 2. The minimum Gasteiger partial charge on any atom is -0.475 e. The van der Waals surface area contributed by atoms with Gasteiger partial charge in [-0.25, -0.2) is 9.59 Å². The van der Waals surface area contributed by atoms with Crippen LogP contribution in [0.5, 0.6) is 0 Å². The minimum absolute atomic E-state index is 0.0777. The number of aliphatic carboxylic acids is 2. The highest BCUT2D eigenvalue weighted by atomic mass is 32.1. The summed E-state index contributed by atoms with van der Waals surface area (Å²) >= 11 is 1.75. The van der Waals surface area contributed by atoms with E-state index in [-0.39, 0.29) is 5.56 Å². The zero-order valence-corrected chi connectivity index (χ0v) is 20.9. The van der Waals surface area contributed by atoms with Crippen molar-refractivity contribution in [2.45, 2.75) is 38.3 Å². The Hall–Kier alpha value is -3.72. The standard InChI is InChI=1S/C20H21N3OS.2C2HF3O2/c24-20-4-3-18-5-9-22(13-17-7-11-25-15-17)10-6-19(18)23(20)14-16-2-1-8-21-12-16;2*3-2(4,5)1(6)7/h1-4,7-8,11-12,15H,5-6,9-10,13-14H2;2*(H,6,7). The smallest absolute Gasteiger partial charge is 0.475 e. The second kappa shape index (κ2) is 13.9. The topological polar surface area (TPSA) is 113 Å². The monoisotopic (exact) mass is 579 g/mol. The van der Waals surface area contributed by atoms with E-state index in [1.54, 1.807) is 23.6 Å². The molecular formula is C24H23F6N3O5S. The molecular weight excluding hydrogens is 556 g/mol. The van der Waals surface area contributed by atoms with Crippen LogP contribution in [0.15, 0.2) is 58.3 Å². The Morgan fingerprint density at radius 3 is 2.03 bits per heavy atom. The van der Waals surface area contributed by atoms with Crippen LogP contribution < -0.4 is 5.56 Å². The van der Waals surface area contributed by atoms with E-state index < -0.39 is 24.3 Å². The average Bonchev–Trinajstić information content (AvgIpc) is 3.28. The number of nitrogens with zero attached hydrogens (tertiary/aromatic N) is 3. The molecule has 4 heterocycles. The first kappa shape index (κ1) is 31.5. The van der Waals surface area contributed by atoms with Crippen molar-refractivity contribution in [1.29, 1.82) is 0 Å². The van der Waals surface area contributed by atoms with Gasteiger partial charge in [0.1, 0.15) is 0 Å². The zero-order valence-electron chi connectivity index (χ0n) is 20.1. The van der Waals surface area contributed by atoms with Crippen molar-refractivity contribution in [2.75, 3.05) is 13.1 Å². The third-order valence-electron chi connectivity index (χ3n) is 5.29. The Bertz CT molecular complexity index is 1250. The Labute approximate surface area is 221 Å². The fourth-order valence-corrected chi connectivity index (χ4v) is 4.15. The fourth-order valence-electron chi connectivity index (χ4n) is 3.49. The molecule has 1 aliphatic heterocycles. The van der Waals surface area contributed by atoms with Crippen molar-refractivity contribution >= 4 is 23.3 Å². The molecule has 0 unspecified atom stereocenters. The number of hydrogen-bond donors (Lipinski definition) is 2. The van der Waals surface area contributed by atoms with E-state index in [1.807, 2.05) is 29.0 Å². The Morgan fingerprint density at radius 2 is 1.51 bits per heavy atom. The van der Waals surface area contributed by atoms with E-state index in [2.05, 4.69) is 26.7 Å². The van der Waals surface area contributed by atoms with Gasteiger partial charge in [0.15, 0.2) is 0 Å². The lowest BCUT2D eigenvalue weighted by molar-refractivity contribution is -0.193. The minimum atomic E-state index is -5.08. The number of carboxylic acids is 2. The summed E-state index contributed by atoms with van der Waals surface area (Å²) in [6.45, 7) is 3.61. The van der Waals surface area contributed by atoms with E-state index in [9.17, 15) is 31.1 Å². The normalized spacial score (nSPS) is 13.6. The first-order valence-electron chi connectivity index (χ1n) is 11.1. The molecule has 39 heavy (non-hydrogen) atoms. The first-order valence-corrected chi connectivity index (χ1v) is 12.1. The molecule has 0 amide bonds. The summed E-state index contributed by atoms with van der Waals surface area (Å²) in [5.74, 6) is -5.51. The molecule has 0 radical (unpaired) electrons. The number of rotatable bonds is 4. The van der Waals surface area contributed by atoms with Crippen LogP contribution in [0.1, 0.15) is 22.4 Å². The summed E-state index contributed by atoms with van der Waals surface area (Å²) in [6, 6.07) is 9.87. The summed E-state index contributed by atoms with van der Waals surface area (Å²) in [7, 11) is 0. The summed E-state index contributed by atoms with van der Waals surface area (Å²) in [5.41, 5.74) is 5.01. The van der Waals surface area contributed by atoms with Crippen molar-refractivity contribution in [3.05, 3.63) is 86.2 Å². The molecule has 0 fully saturated rings. The molecule has 0 saturated heterocycles. The molecule has 1 aliphatic rings. The van der Waals surface area contributed by atoms with Crippen LogP contribution in [0, 0.1) is 0 Å². The molecule has 0 atom stereocenters. The fraction of sp³-hybridized carbons (Fsp3) is 0.333. The maximum absolute atomic E-state index is 12.5. The highest BCUT2D eigenvalue weighted by Crippen LogP contribution is 2.18. The summed E-state index contributed by atoms with van der Waals surface area (Å²) in [6.07, 6.45) is -4.66. The molecule has 15 heteroatoms. The molecule has 4 rings (SSSR count). The predicted molar refractivity (Wildman–Crippen MR) is 128 cm³/mol. The molecule has 0 bridgehead atoms. The highest BCUT2D eigenvalue weighted by molar-refractivity contribution is 7.07. The van der Waals surface area contributed by atoms with Crippen LogP contribution >= 0.6 is 11.3 Å². The summed E-state index contributed by atoms with van der Waals surface area (Å²) < 4.78 is 65.4. The first-order chi connectivity index (χ1) is 18.2. The van der Waals surface area contributed by atoms with Gasteiger partial charge in [0, 0.05) is 50.2 Å². The molecule has 3 aromatic rings. The number of fused-ring (bicyclic) bond motifs is 1. The number of carboxylic acid groups (broad SMARTS) is 2. The van der Waals surface area contributed by atoms with Crippen molar-refractivity contribution in [3.8, 4) is 0 Å². The zero-order chi connectivity index (χ0) is 29.2. The van der Waals surface area contributed by atoms with Crippen molar-refractivity contribution in [2.24, 2.45) is 0 Å². The van der Waals surface area contributed by atoms with Crippen molar-refractivity contribution in [3.63, 3.8) is 0 Å². The lowest BCUT2D eigenvalue weighted by Crippen LogP contribution is -2.27. The maximum atomic E-state index is 12.5. The number of hydrogen-bond acceptors (Lipinski definition) is 6. The molecule has 0 aromatic carbocycles. The van der Waals surface area contributed by atoms with Gasteiger partial charge in [0.2, 0.25) is 0 Å². The number of aromatic nitrogens is 2. The van der Waals surface area contributed by atoms with Gasteiger partial charge < -0.3 is 14.8 Å². The molecule has 0 saturated carbocycles. The molecule has 0 spiro atoms. The quantitative estimate of drug-likeness (QED) is 0.445. The number of alkyl halides is 6. The molecule has 8 nitrogen and oxygen atoms in total. The van der Waals surface area contributed by atoms with Gasteiger partial charge in [0.25, 0.3) is 5.56 Å². The van der Waals surface area contributed by atoms with E-state index in [4.69, 9.17) is 19.8 Å². The number of carbonyl (C=O) groups is 2. The van der Waals surface area contributed by atoms with Crippen LogP contribution in [-0.2, 0) is 35.5 Å². The summed E-state index contributed by atoms with van der Waals surface area (Å²) in [4.78, 5) is 36.9. The van der Waals surface area contributed by atoms with Crippen molar-refractivity contribution < 1.29 is 46.1 Å². The second-order valence-corrected chi connectivity index (χ2v) is 8.88. The van der Waals surface area contributed by atoms with Crippen molar-refractivity contribution in [1.82, 2.24) is 14.5 Å². The lowest BCUT2D eigenvalue weighted by atomic mass is 10.1. The highest BCUT2D eigenvalue weighted by Gasteiger charge is 2.38. The van der Waals surface area contributed by atoms with E-state index >= 15 is 0 Å². The molecule has 2 N–H and O–H groups in total. The SMILES string of the molecule is O=C(O)C(F)(F)F.O=C(O)C(F)(F)F.O=c1ccc2c(n1Cc1cccnc1)CCN(Cc1ccsc1)CC2. The van der Waals surface area contributed by atoms with Crippen LogP contribution in [0.25, 0.3) is 0 Å². The molecule has 3 aromatic heterocycles. The van der Waals surface area contributed by atoms with Gasteiger partial charge in [-0.1, -0.05) is 12.1 Å². The Kier molecular flexibility index (Phi) is 11.2. The van der Waals surface area contributed by atoms with Gasteiger partial charge in [-0.15, -0.1) is 0 Å². The summed E-state index contributed by atoms with van der Waals surface area (Å²) in [5, 5.41) is 18.6. The second-order valence-electron chi connectivity index (χ2n) is 8.10. The predicted octanol–water partition coefficient (Wildman–Crippen LogP) is 4.22. The van der Waals surface area contributed by atoms with E-state index in [0.29, 0.717) is 6.54 Å². The van der Waals surface area contributed by atoms with Gasteiger partial charge in [0.05, 0.1) is 6.54 Å². The van der Waals surface area contributed by atoms with Gasteiger partial charge in [-0.2, -0.15) is 37.7 Å². The lowest BCUT2D eigenvalue weighted by Gasteiger charge is -2.19. The third-order valence-corrected chi connectivity index (χ3v) is 6.02. The van der Waals surface area contributed by atoms with E-state index in [0.717, 1.165) is 38.0 Å².